The molecule has 0 atom stereocenters. The number of rotatable bonds is 2. The van der Waals surface area contributed by atoms with Crippen molar-refractivity contribution in [2.75, 3.05) is 0 Å². The summed E-state index contributed by atoms with van der Waals surface area (Å²) in [6.45, 7) is 0. The van der Waals surface area contributed by atoms with Crippen LogP contribution in [0, 0.1) is 10.1 Å². The van der Waals surface area contributed by atoms with Crippen molar-refractivity contribution in [2.45, 2.75) is 0 Å². The predicted molar refractivity (Wildman–Crippen MR) is 55.5 cm³/mol. The van der Waals surface area contributed by atoms with Crippen molar-refractivity contribution in [3.8, 4) is 0 Å². The number of hydrogen-bond acceptors (Lipinski definition) is 4. The Hall–Kier alpha value is -1.10. The molecule has 4 nitrogen and oxygen atoms in total. The van der Waals surface area contributed by atoms with E-state index in [0.717, 1.165) is 0 Å². The van der Waals surface area contributed by atoms with E-state index in [1.807, 2.05) is 0 Å². The maximum absolute atomic E-state index is 10.5. The van der Waals surface area contributed by atoms with Gasteiger partial charge in [0.05, 0.1) is 10.1 Å². The average Bonchev–Trinajstić information content (AvgIpc) is 2.04. The summed E-state index contributed by atoms with van der Waals surface area (Å²) < 4.78 is 0.710. The molecule has 0 aliphatic heterocycles. The number of thiocarbonyl (C=S) groups is 1. The van der Waals surface area contributed by atoms with Crippen molar-refractivity contribution < 1.29 is 4.92 Å². The molecule has 0 radical (unpaired) electrons. The Kier molecular flexibility index (Phi) is 3.25. The molecule has 0 N–H and O–H groups in total. The summed E-state index contributed by atoms with van der Waals surface area (Å²) in [4.78, 5) is 13.5. The van der Waals surface area contributed by atoms with E-state index < -0.39 is 4.92 Å². The first kappa shape index (κ1) is 9.98. The van der Waals surface area contributed by atoms with Crippen molar-refractivity contribution in [2.24, 2.45) is 4.99 Å². The molecule has 0 spiro atoms. The molecule has 0 aliphatic carbocycles. The second-order valence-corrected chi connectivity index (χ2v) is 3.19. The van der Waals surface area contributed by atoms with Crippen LogP contribution >= 0.6 is 28.1 Å². The monoisotopic (exact) mass is 258 g/mol. The summed E-state index contributed by atoms with van der Waals surface area (Å²) in [6, 6.07) is 4.44. The Morgan fingerprint density at radius 2 is 2.31 bits per heavy atom. The second-order valence-electron chi connectivity index (χ2n) is 2.09. The molecular formula is C7H3BrN2O2S. The summed E-state index contributed by atoms with van der Waals surface area (Å²) in [5, 5.41) is 12.6. The van der Waals surface area contributed by atoms with Crippen LogP contribution in [0.25, 0.3) is 0 Å². The SMILES string of the molecule is O=[N+]([O-])c1ccc(Br)cc1N=C=S. The van der Waals surface area contributed by atoms with Gasteiger partial charge in [-0.2, -0.15) is 4.99 Å². The van der Waals surface area contributed by atoms with Gasteiger partial charge in [-0.05, 0) is 24.4 Å². The van der Waals surface area contributed by atoms with Gasteiger partial charge in [0, 0.05) is 10.5 Å². The van der Waals surface area contributed by atoms with Gasteiger partial charge in [0.15, 0.2) is 5.69 Å². The maximum atomic E-state index is 10.5. The molecular weight excluding hydrogens is 256 g/mol. The lowest BCUT2D eigenvalue weighted by Crippen LogP contribution is -1.87. The Morgan fingerprint density at radius 1 is 1.62 bits per heavy atom. The van der Waals surface area contributed by atoms with E-state index in [9.17, 15) is 10.1 Å². The van der Waals surface area contributed by atoms with Crippen molar-refractivity contribution >= 4 is 44.7 Å². The molecule has 0 fully saturated rings. The second kappa shape index (κ2) is 4.23. The zero-order chi connectivity index (χ0) is 9.84. The van der Waals surface area contributed by atoms with E-state index in [1.54, 1.807) is 6.07 Å². The van der Waals surface area contributed by atoms with Gasteiger partial charge >= 0.3 is 0 Å². The minimum absolute atomic E-state index is 0.0828. The topological polar surface area (TPSA) is 55.5 Å². The van der Waals surface area contributed by atoms with Gasteiger partial charge in [-0.15, -0.1) is 0 Å². The van der Waals surface area contributed by atoms with Crippen molar-refractivity contribution in [1.29, 1.82) is 0 Å². The van der Waals surface area contributed by atoms with Gasteiger partial charge in [-0.3, -0.25) is 10.1 Å². The highest BCUT2D eigenvalue weighted by atomic mass is 79.9. The van der Waals surface area contributed by atoms with E-state index in [-0.39, 0.29) is 11.4 Å². The molecule has 1 aromatic carbocycles. The fraction of sp³-hybridized carbons (Fsp3) is 0. The predicted octanol–water partition coefficient (Wildman–Crippen LogP) is 3.09. The molecule has 0 aliphatic rings. The number of halogens is 1. The molecule has 0 saturated carbocycles. The molecule has 0 aromatic heterocycles. The molecule has 66 valence electrons. The standard InChI is InChI=1S/C7H3BrN2O2S/c8-5-1-2-7(10(11)12)6(3-5)9-4-13/h1-3H. The molecule has 0 amide bonds. The third kappa shape index (κ3) is 2.42. The first-order valence-electron chi connectivity index (χ1n) is 3.17. The zero-order valence-corrected chi connectivity index (χ0v) is 8.63. The Bertz CT molecular complexity index is 401. The lowest BCUT2D eigenvalue weighted by atomic mass is 10.3. The van der Waals surface area contributed by atoms with Crippen LogP contribution in [-0.2, 0) is 0 Å². The number of benzene rings is 1. The highest BCUT2D eigenvalue weighted by Crippen LogP contribution is 2.29. The summed E-state index contributed by atoms with van der Waals surface area (Å²) >= 11 is 7.54. The zero-order valence-electron chi connectivity index (χ0n) is 6.23. The normalized spacial score (nSPS) is 9.00. The third-order valence-corrected chi connectivity index (χ3v) is 1.88. The van der Waals surface area contributed by atoms with Crippen molar-refractivity contribution in [1.82, 2.24) is 0 Å². The maximum Gasteiger partial charge on any atom is 0.295 e. The van der Waals surface area contributed by atoms with Gasteiger partial charge in [-0.1, -0.05) is 15.9 Å². The molecule has 0 bridgehead atoms. The Labute approximate surface area is 87.6 Å². The smallest absolute Gasteiger partial charge is 0.258 e. The van der Waals surface area contributed by atoms with Gasteiger partial charge in [0.1, 0.15) is 0 Å². The molecule has 0 heterocycles. The first-order valence-corrected chi connectivity index (χ1v) is 4.37. The van der Waals surface area contributed by atoms with Crippen LogP contribution in [0.4, 0.5) is 11.4 Å². The van der Waals surface area contributed by atoms with Crippen LogP contribution in [0.15, 0.2) is 27.7 Å². The summed E-state index contributed by atoms with van der Waals surface area (Å²) in [7, 11) is 0. The van der Waals surface area contributed by atoms with E-state index in [0.29, 0.717) is 4.47 Å². The van der Waals surface area contributed by atoms with E-state index in [4.69, 9.17) is 0 Å². The van der Waals surface area contributed by atoms with Crippen molar-refractivity contribution in [3.05, 3.63) is 32.8 Å². The lowest BCUT2D eigenvalue weighted by molar-refractivity contribution is -0.384. The summed E-state index contributed by atoms with van der Waals surface area (Å²) in [5.74, 6) is 0. The average molecular weight is 259 g/mol. The fourth-order valence-corrected chi connectivity index (χ4v) is 1.24. The summed E-state index contributed by atoms with van der Waals surface area (Å²) in [6.07, 6.45) is 0. The molecule has 0 saturated heterocycles. The van der Waals surface area contributed by atoms with Crippen molar-refractivity contribution in [3.63, 3.8) is 0 Å². The van der Waals surface area contributed by atoms with Crippen LogP contribution in [0.3, 0.4) is 0 Å². The molecule has 13 heavy (non-hydrogen) atoms. The Morgan fingerprint density at radius 3 is 2.85 bits per heavy atom. The first-order chi connectivity index (χ1) is 6.15. The number of aliphatic imine (C=N–C) groups is 1. The van der Waals surface area contributed by atoms with E-state index in [1.165, 1.54) is 12.1 Å². The number of nitrogens with zero attached hydrogens (tertiary/aromatic N) is 2. The molecule has 1 aromatic rings. The number of nitro benzene ring substituents is 1. The van der Waals surface area contributed by atoms with Crippen LogP contribution < -0.4 is 0 Å². The minimum Gasteiger partial charge on any atom is -0.258 e. The van der Waals surface area contributed by atoms with Crippen LogP contribution in [-0.4, -0.2) is 10.1 Å². The lowest BCUT2D eigenvalue weighted by Gasteiger charge is -1.95. The number of hydrogen-bond donors (Lipinski definition) is 0. The van der Waals surface area contributed by atoms with Gasteiger partial charge in [-0.25, -0.2) is 0 Å². The molecule has 6 heteroatoms. The summed E-state index contributed by atoms with van der Waals surface area (Å²) in [5.41, 5.74) is 0.120. The number of isothiocyanates is 1. The molecule has 1 rings (SSSR count). The highest BCUT2D eigenvalue weighted by Gasteiger charge is 2.12. The van der Waals surface area contributed by atoms with Gasteiger partial charge in [0.2, 0.25) is 0 Å². The van der Waals surface area contributed by atoms with Crippen LogP contribution in [0.2, 0.25) is 0 Å². The van der Waals surface area contributed by atoms with E-state index >= 15 is 0 Å². The molecule has 0 unspecified atom stereocenters. The van der Waals surface area contributed by atoms with Gasteiger partial charge in [0.25, 0.3) is 5.69 Å². The van der Waals surface area contributed by atoms with Gasteiger partial charge < -0.3 is 0 Å². The number of nitro groups is 1. The third-order valence-electron chi connectivity index (χ3n) is 1.30. The van der Waals surface area contributed by atoms with Crippen LogP contribution in [0.1, 0.15) is 0 Å². The largest absolute Gasteiger partial charge is 0.295 e. The van der Waals surface area contributed by atoms with Crippen LogP contribution in [0.5, 0.6) is 0 Å². The quantitative estimate of drug-likeness (QED) is 0.355. The highest BCUT2D eigenvalue weighted by molar-refractivity contribution is 9.10. The fourth-order valence-electron chi connectivity index (χ4n) is 0.790. The van der Waals surface area contributed by atoms with E-state index in [2.05, 4.69) is 38.3 Å². The minimum atomic E-state index is -0.516. The Balaban J connectivity index is 3.34.